The van der Waals surface area contributed by atoms with Gasteiger partial charge in [-0.15, -0.1) is 0 Å². The third-order valence-electron chi connectivity index (χ3n) is 3.95. The number of hydrogen-bond acceptors (Lipinski definition) is 3. The summed E-state index contributed by atoms with van der Waals surface area (Å²) in [6.07, 6.45) is 0. The van der Waals surface area contributed by atoms with E-state index in [1.807, 2.05) is 79.7 Å². The zero-order valence-electron chi connectivity index (χ0n) is 15.3. The maximum absolute atomic E-state index is 12.2. The maximum atomic E-state index is 12.2. The standard InChI is InChI=1S/C22H20N4OS/c1-16(25-26-22(28)24-19-10-6-3-7-11-19)17-12-14-20(15-13-17)23-21(27)18-8-4-2-5-9-18/h2-15H,1H3,(H,23,27)(H2,24,26,28)/b25-16+. The van der Waals surface area contributed by atoms with E-state index in [4.69, 9.17) is 12.2 Å². The van der Waals surface area contributed by atoms with Gasteiger partial charge in [-0.25, -0.2) is 0 Å². The molecule has 140 valence electrons. The molecular formula is C22H20N4OS. The summed E-state index contributed by atoms with van der Waals surface area (Å²) in [5.74, 6) is -0.141. The molecule has 5 nitrogen and oxygen atoms in total. The van der Waals surface area contributed by atoms with E-state index in [1.165, 1.54) is 0 Å². The number of carbonyl (C=O) groups is 1. The Bertz CT molecular complexity index is 970. The average Bonchev–Trinajstić information content (AvgIpc) is 2.74. The van der Waals surface area contributed by atoms with Crippen LogP contribution in [0.15, 0.2) is 90.0 Å². The predicted molar refractivity (Wildman–Crippen MR) is 119 cm³/mol. The molecule has 0 spiro atoms. The van der Waals surface area contributed by atoms with Crippen molar-refractivity contribution in [1.82, 2.24) is 5.43 Å². The summed E-state index contributed by atoms with van der Waals surface area (Å²) in [4.78, 5) is 12.2. The van der Waals surface area contributed by atoms with Crippen molar-refractivity contribution in [2.75, 3.05) is 10.6 Å². The molecule has 0 aliphatic rings. The molecule has 0 heterocycles. The van der Waals surface area contributed by atoms with Crippen molar-refractivity contribution in [2.45, 2.75) is 6.92 Å². The number of rotatable bonds is 5. The Morgan fingerprint density at radius 1 is 0.750 bits per heavy atom. The van der Waals surface area contributed by atoms with Gasteiger partial charge < -0.3 is 10.6 Å². The van der Waals surface area contributed by atoms with Crippen molar-refractivity contribution in [3.8, 4) is 0 Å². The molecular weight excluding hydrogens is 368 g/mol. The molecule has 6 heteroatoms. The van der Waals surface area contributed by atoms with Gasteiger partial charge in [0, 0.05) is 16.9 Å². The van der Waals surface area contributed by atoms with E-state index in [-0.39, 0.29) is 5.91 Å². The van der Waals surface area contributed by atoms with Crippen molar-refractivity contribution >= 4 is 40.3 Å². The minimum Gasteiger partial charge on any atom is -0.331 e. The Morgan fingerprint density at radius 2 is 1.32 bits per heavy atom. The summed E-state index contributed by atoms with van der Waals surface area (Å²) >= 11 is 5.24. The molecule has 3 aromatic rings. The fraction of sp³-hybridized carbons (Fsp3) is 0.0455. The Balaban J connectivity index is 1.57. The highest BCUT2D eigenvalue weighted by atomic mass is 32.1. The molecule has 0 saturated heterocycles. The van der Waals surface area contributed by atoms with E-state index in [1.54, 1.807) is 12.1 Å². The van der Waals surface area contributed by atoms with Crippen LogP contribution in [0.1, 0.15) is 22.8 Å². The number of amides is 1. The number of hydrogen-bond donors (Lipinski definition) is 3. The topological polar surface area (TPSA) is 65.5 Å². The SMILES string of the molecule is C/C(=N\NC(=S)Nc1ccccc1)c1ccc(NC(=O)c2ccccc2)cc1. The van der Waals surface area contributed by atoms with Crippen molar-refractivity contribution in [2.24, 2.45) is 5.10 Å². The number of anilines is 2. The highest BCUT2D eigenvalue weighted by Crippen LogP contribution is 2.12. The second kappa shape index (κ2) is 9.43. The number of para-hydroxylation sites is 1. The Morgan fingerprint density at radius 3 is 1.96 bits per heavy atom. The number of benzene rings is 3. The van der Waals surface area contributed by atoms with Gasteiger partial charge in [0.05, 0.1) is 5.71 Å². The fourth-order valence-electron chi connectivity index (χ4n) is 2.47. The normalized spacial score (nSPS) is 10.8. The van der Waals surface area contributed by atoms with Gasteiger partial charge in [-0.05, 0) is 61.1 Å². The molecule has 0 fully saturated rings. The zero-order chi connectivity index (χ0) is 19.8. The third kappa shape index (κ3) is 5.49. The van der Waals surface area contributed by atoms with Crippen LogP contribution in [0.25, 0.3) is 0 Å². The van der Waals surface area contributed by atoms with Crippen LogP contribution >= 0.6 is 12.2 Å². The summed E-state index contributed by atoms with van der Waals surface area (Å²) in [5, 5.41) is 10.7. The lowest BCUT2D eigenvalue weighted by Gasteiger charge is -2.09. The molecule has 0 atom stereocenters. The number of hydrazone groups is 1. The second-order valence-corrected chi connectivity index (χ2v) is 6.43. The van der Waals surface area contributed by atoms with Gasteiger partial charge in [0.1, 0.15) is 0 Å². The number of thiocarbonyl (C=S) groups is 1. The molecule has 0 aliphatic heterocycles. The first-order chi connectivity index (χ1) is 13.6. The van der Waals surface area contributed by atoms with Crippen LogP contribution in [0.3, 0.4) is 0 Å². The molecule has 3 N–H and O–H groups in total. The summed E-state index contributed by atoms with van der Waals surface area (Å²) in [6, 6.07) is 26.2. The molecule has 3 rings (SSSR count). The molecule has 3 aromatic carbocycles. The minimum absolute atomic E-state index is 0.141. The number of nitrogens with one attached hydrogen (secondary N) is 3. The third-order valence-corrected chi connectivity index (χ3v) is 4.15. The molecule has 0 aromatic heterocycles. The number of nitrogens with zero attached hydrogens (tertiary/aromatic N) is 1. The molecule has 0 bridgehead atoms. The van der Waals surface area contributed by atoms with Crippen molar-refractivity contribution in [3.63, 3.8) is 0 Å². The predicted octanol–water partition coefficient (Wildman–Crippen LogP) is 4.65. The fourth-order valence-corrected chi connectivity index (χ4v) is 2.63. The van der Waals surface area contributed by atoms with Gasteiger partial charge in [0.2, 0.25) is 0 Å². The van der Waals surface area contributed by atoms with Gasteiger partial charge in [-0.1, -0.05) is 48.5 Å². The van der Waals surface area contributed by atoms with Crippen LogP contribution in [0.4, 0.5) is 11.4 Å². The molecule has 0 unspecified atom stereocenters. The van der Waals surface area contributed by atoms with E-state index in [0.29, 0.717) is 10.7 Å². The largest absolute Gasteiger partial charge is 0.331 e. The monoisotopic (exact) mass is 388 g/mol. The Labute approximate surface area is 169 Å². The smallest absolute Gasteiger partial charge is 0.255 e. The lowest BCUT2D eigenvalue weighted by molar-refractivity contribution is 0.102. The van der Waals surface area contributed by atoms with Crippen molar-refractivity contribution in [3.05, 3.63) is 96.1 Å². The Kier molecular flexibility index (Phi) is 6.49. The van der Waals surface area contributed by atoms with Gasteiger partial charge in [-0.3, -0.25) is 10.2 Å². The van der Waals surface area contributed by atoms with Crippen molar-refractivity contribution < 1.29 is 4.79 Å². The molecule has 0 radical (unpaired) electrons. The average molecular weight is 388 g/mol. The molecule has 0 saturated carbocycles. The van der Waals surface area contributed by atoms with Crippen molar-refractivity contribution in [1.29, 1.82) is 0 Å². The second-order valence-electron chi connectivity index (χ2n) is 6.03. The van der Waals surface area contributed by atoms with Crippen LogP contribution in [0.2, 0.25) is 0 Å². The lowest BCUT2D eigenvalue weighted by Crippen LogP contribution is -2.24. The van der Waals surface area contributed by atoms with E-state index in [2.05, 4.69) is 21.2 Å². The quantitative estimate of drug-likeness (QED) is 0.338. The zero-order valence-corrected chi connectivity index (χ0v) is 16.2. The highest BCUT2D eigenvalue weighted by Gasteiger charge is 2.05. The Hall–Kier alpha value is -3.51. The van der Waals surface area contributed by atoms with E-state index in [9.17, 15) is 4.79 Å². The van der Waals surface area contributed by atoms with Gasteiger partial charge >= 0.3 is 0 Å². The maximum Gasteiger partial charge on any atom is 0.255 e. The summed E-state index contributed by atoms with van der Waals surface area (Å²) in [7, 11) is 0. The van der Waals surface area contributed by atoms with Crippen LogP contribution in [-0.2, 0) is 0 Å². The first-order valence-electron chi connectivity index (χ1n) is 8.75. The molecule has 1 amide bonds. The first kappa shape index (κ1) is 19.3. The van der Waals surface area contributed by atoms with Gasteiger partial charge in [-0.2, -0.15) is 5.10 Å². The molecule has 28 heavy (non-hydrogen) atoms. The van der Waals surface area contributed by atoms with E-state index < -0.39 is 0 Å². The number of carbonyl (C=O) groups excluding carboxylic acids is 1. The van der Waals surface area contributed by atoms with Crippen LogP contribution in [-0.4, -0.2) is 16.7 Å². The minimum atomic E-state index is -0.141. The summed E-state index contributed by atoms with van der Waals surface area (Å²) in [6.45, 7) is 1.88. The lowest BCUT2D eigenvalue weighted by atomic mass is 10.1. The van der Waals surface area contributed by atoms with E-state index in [0.717, 1.165) is 22.6 Å². The van der Waals surface area contributed by atoms with Gasteiger partial charge in [0.25, 0.3) is 5.91 Å². The van der Waals surface area contributed by atoms with Crippen LogP contribution in [0, 0.1) is 0 Å². The summed E-state index contributed by atoms with van der Waals surface area (Å²) in [5.41, 5.74) is 6.77. The van der Waals surface area contributed by atoms with E-state index >= 15 is 0 Å². The first-order valence-corrected chi connectivity index (χ1v) is 9.16. The van der Waals surface area contributed by atoms with Gasteiger partial charge in [0.15, 0.2) is 5.11 Å². The van der Waals surface area contributed by atoms with Crippen LogP contribution < -0.4 is 16.1 Å². The summed E-state index contributed by atoms with van der Waals surface area (Å²) < 4.78 is 0. The highest BCUT2D eigenvalue weighted by molar-refractivity contribution is 7.80. The van der Waals surface area contributed by atoms with Crippen LogP contribution in [0.5, 0.6) is 0 Å². The molecule has 0 aliphatic carbocycles.